The van der Waals surface area contributed by atoms with Crippen LogP contribution in [0.5, 0.6) is 0 Å². The number of hydrogen-bond acceptors (Lipinski definition) is 2. The Morgan fingerprint density at radius 3 is 2.24 bits per heavy atom. The van der Waals surface area contributed by atoms with Crippen LogP contribution >= 0.6 is 0 Å². The molecule has 0 fully saturated rings. The minimum atomic E-state index is 0.616. The Bertz CT molecular complexity index is 159. The van der Waals surface area contributed by atoms with Crippen molar-refractivity contribution in [3.05, 3.63) is 0 Å². The molecule has 0 aromatic rings. The number of unbranched alkanes of at least 4 members (excludes halogenated alkanes) is 6. The maximum absolute atomic E-state index is 10.2. The average Bonchev–Trinajstić information content (AvgIpc) is 2.35. The summed E-state index contributed by atoms with van der Waals surface area (Å²) in [5, 5.41) is 3.45. The second kappa shape index (κ2) is 13.7. The number of hydrogen-bond donors (Lipinski definition) is 1. The van der Waals surface area contributed by atoms with Crippen molar-refractivity contribution in [1.29, 1.82) is 0 Å². The Kier molecular flexibility index (Phi) is 13.4. The highest BCUT2D eigenvalue weighted by Gasteiger charge is 2.04. The van der Waals surface area contributed by atoms with Gasteiger partial charge in [-0.05, 0) is 12.8 Å². The molecule has 0 aliphatic carbocycles. The van der Waals surface area contributed by atoms with Gasteiger partial charge in [-0.15, -0.1) is 0 Å². The maximum atomic E-state index is 10.2. The van der Waals surface area contributed by atoms with E-state index in [1.807, 2.05) is 0 Å². The molecule has 0 spiro atoms. The van der Waals surface area contributed by atoms with E-state index in [1.165, 1.54) is 57.8 Å². The van der Waals surface area contributed by atoms with Crippen LogP contribution in [0, 0.1) is 0 Å². The third-order valence-corrected chi connectivity index (χ3v) is 3.34. The van der Waals surface area contributed by atoms with Gasteiger partial charge in [-0.3, -0.25) is 0 Å². The van der Waals surface area contributed by atoms with Crippen molar-refractivity contribution in [3.63, 3.8) is 0 Å². The van der Waals surface area contributed by atoms with Crippen LogP contribution in [-0.2, 0) is 4.79 Å². The SMILES string of the molecule is CCCCCCCCCC(CC)NCCC=O. The Balaban J connectivity index is 3.27. The van der Waals surface area contributed by atoms with E-state index in [2.05, 4.69) is 19.2 Å². The lowest BCUT2D eigenvalue weighted by atomic mass is 10.0. The summed E-state index contributed by atoms with van der Waals surface area (Å²) in [5.74, 6) is 0. The molecule has 0 amide bonds. The van der Waals surface area contributed by atoms with Gasteiger partial charge in [0.25, 0.3) is 0 Å². The fourth-order valence-electron chi connectivity index (χ4n) is 2.14. The van der Waals surface area contributed by atoms with E-state index in [4.69, 9.17) is 0 Å². The predicted molar refractivity (Wildman–Crippen MR) is 75.4 cm³/mol. The summed E-state index contributed by atoms with van der Waals surface area (Å²) in [5.41, 5.74) is 0. The van der Waals surface area contributed by atoms with Crippen LogP contribution in [0.25, 0.3) is 0 Å². The third kappa shape index (κ3) is 11.9. The molecule has 0 aliphatic heterocycles. The van der Waals surface area contributed by atoms with E-state index in [-0.39, 0.29) is 0 Å². The molecule has 1 atom stereocenters. The van der Waals surface area contributed by atoms with Crippen molar-refractivity contribution in [2.75, 3.05) is 6.54 Å². The van der Waals surface area contributed by atoms with E-state index in [9.17, 15) is 4.79 Å². The quantitative estimate of drug-likeness (QED) is 0.389. The fourth-order valence-corrected chi connectivity index (χ4v) is 2.14. The molecule has 1 unspecified atom stereocenters. The average molecular weight is 241 g/mol. The molecule has 0 bridgehead atoms. The largest absolute Gasteiger partial charge is 0.314 e. The van der Waals surface area contributed by atoms with E-state index in [0.717, 1.165) is 12.8 Å². The molecule has 0 saturated heterocycles. The van der Waals surface area contributed by atoms with Crippen LogP contribution < -0.4 is 5.32 Å². The fraction of sp³-hybridized carbons (Fsp3) is 0.933. The van der Waals surface area contributed by atoms with E-state index in [1.54, 1.807) is 0 Å². The molecule has 17 heavy (non-hydrogen) atoms. The lowest BCUT2D eigenvalue weighted by Gasteiger charge is -2.15. The minimum Gasteiger partial charge on any atom is -0.314 e. The van der Waals surface area contributed by atoms with Crippen LogP contribution in [0.4, 0.5) is 0 Å². The summed E-state index contributed by atoms with van der Waals surface area (Å²) in [4.78, 5) is 10.2. The molecular formula is C15H31NO. The predicted octanol–water partition coefficient (Wildman–Crippen LogP) is 4.08. The molecule has 0 rings (SSSR count). The highest BCUT2D eigenvalue weighted by Crippen LogP contribution is 2.10. The lowest BCUT2D eigenvalue weighted by molar-refractivity contribution is -0.107. The third-order valence-electron chi connectivity index (χ3n) is 3.34. The zero-order chi connectivity index (χ0) is 12.8. The summed E-state index contributed by atoms with van der Waals surface area (Å²) in [6, 6.07) is 0.616. The lowest BCUT2D eigenvalue weighted by Crippen LogP contribution is -2.29. The molecule has 0 aliphatic rings. The molecule has 0 radical (unpaired) electrons. The van der Waals surface area contributed by atoms with Gasteiger partial charge >= 0.3 is 0 Å². The molecule has 0 aromatic carbocycles. The number of rotatable bonds is 13. The Labute approximate surface area is 108 Å². The van der Waals surface area contributed by atoms with Crippen LogP contribution in [-0.4, -0.2) is 18.9 Å². The first-order chi connectivity index (χ1) is 8.35. The molecule has 2 heteroatoms. The van der Waals surface area contributed by atoms with Gasteiger partial charge in [0.2, 0.25) is 0 Å². The topological polar surface area (TPSA) is 29.1 Å². The van der Waals surface area contributed by atoms with Crippen molar-refractivity contribution in [2.45, 2.75) is 84.1 Å². The van der Waals surface area contributed by atoms with Gasteiger partial charge in [-0.2, -0.15) is 0 Å². The van der Waals surface area contributed by atoms with Gasteiger partial charge in [0, 0.05) is 19.0 Å². The van der Waals surface area contributed by atoms with Gasteiger partial charge in [-0.1, -0.05) is 58.8 Å². The summed E-state index contributed by atoms with van der Waals surface area (Å²) >= 11 is 0. The zero-order valence-electron chi connectivity index (χ0n) is 11.8. The number of carbonyl (C=O) groups excluding carboxylic acids is 1. The van der Waals surface area contributed by atoms with E-state index in [0.29, 0.717) is 12.5 Å². The number of nitrogens with one attached hydrogen (secondary N) is 1. The van der Waals surface area contributed by atoms with E-state index < -0.39 is 0 Å². The molecule has 0 saturated carbocycles. The normalized spacial score (nSPS) is 12.6. The monoisotopic (exact) mass is 241 g/mol. The van der Waals surface area contributed by atoms with Crippen molar-refractivity contribution >= 4 is 6.29 Å². The first kappa shape index (κ1) is 16.6. The van der Waals surface area contributed by atoms with Crippen LogP contribution in [0.15, 0.2) is 0 Å². The van der Waals surface area contributed by atoms with Gasteiger partial charge < -0.3 is 10.1 Å². The Hall–Kier alpha value is -0.370. The summed E-state index contributed by atoms with van der Waals surface area (Å²) in [7, 11) is 0. The van der Waals surface area contributed by atoms with Gasteiger partial charge in [0.15, 0.2) is 0 Å². The second-order valence-electron chi connectivity index (χ2n) is 4.92. The van der Waals surface area contributed by atoms with Crippen molar-refractivity contribution in [2.24, 2.45) is 0 Å². The summed E-state index contributed by atoms with van der Waals surface area (Å²) in [6.07, 6.45) is 13.7. The molecular weight excluding hydrogens is 210 g/mol. The highest BCUT2D eigenvalue weighted by atomic mass is 16.1. The molecule has 1 N–H and O–H groups in total. The van der Waals surface area contributed by atoms with Crippen LogP contribution in [0.2, 0.25) is 0 Å². The van der Waals surface area contributed by atoms with Gasteiger partial charge in [0.05, 0.1) is 0 Å². The Morgan fingerprint density at radius 2 is 1.65 bits per heavy atom. The second-order valence-corrected chi connectivity index (χ2v) is 4.92. The molecule has 2 nitrogen and oxygen atoms in total. The summed E-state index contributed by atoms with van der Waals surface area (Å²) in [6.45, 7) is 5.33. The van der Waals surface area contributed by atoms with Crippen molar-refractivity contribution < 1.29 is 4.79 Å². The number of carbonyl (C=O) groups is 1. The number of aldehydes is 1. The molecule has 0 aromatic heterocycles. The highest BCUT2D eigenvalue weighted by molar-refractivity contribution is 5.49. The maximum Gasteiger partial charge on any atom is 0.121 e. The standard InChI is InChI=1S/C15H31NO/c1-3-5-6-7-8-9-10-12-15(4-2)16-13-11-14-17/h14-16H,3-13H2,1-2H3. The Morgan fingerprint density at radius 1 is 1.00 bits per heavy atom. The van der Waals surface area contributed by atoms with E-state index >= 15 is 0 Å². The molecule has 102 valence electrons. The zero-order valence-corrected chi connectivity index (χ0v) is 11.8. The summed E-state index contributed by atoms with van der Waals surface area (Å²) < 4.78 is 0. The van der Waals surface area contributed by atoms with Crippen LogP contribution in [0.1, 0.15) is 78.1 Å². The smallest absolute Gasteiger partial charge is 0.121 e. The van der Waals surface area contributed by atoms with Crippen molar-refractivity contribution in [3.8, 4) is 0 Å². The van der Waals surface area contributed by atoms with Crippen LogP contribution in [0.3, 0.4) is 0 Å². The van der Waals surface area contributed by atoms with Gasteiger partial charge in [0.1, 0.15) is 6.29 Å². The van der Waals surface area contributed by atoms with Gasteiger partial charge in [-0.25, -0.2) is 0 Å². The van der Waals surface area contributed by atoms with Crippen molar-refractivity contribution in [1.82, 2.24) is 5.32 Å². The first-order valence-corrected chi connectivity index (χ1v) is 7.52. The molecule has 0 heterocycles. The minimum absolute atomic E-state index is 0.616. The first-order valence-electron chi connectivity index (χ1n) is 7.52.